The first kappa shape index (κ1) is 16.7. The monoisotopic (exact) mass is 348 g/mol. The van der Waals surface area contributed by atoms with E-state index in [4.69, 9.17) is 0 Å². The summed E-state index contributed by atoms with van der Waals surface area (Å²) in [4.78, 5) is 24.0. The van der Waals surface area contributed by atoms with Gasteiger partial charge < -0.3 is 9.88 Å². The molecule has 0 saturated carbocycles. The highest BCUT2D eigenvalue weighted by Crippen LogP contribution is 2.23. The first-order valence-electron chi connectivity index (χ1n) is 7.85. The molecule has 128 valence electrons. The molecule has 1 unspecified atom stereocenters. The molecule has 1 aliphatic rings. The lowest BCUT2D eigenvalue weighted by molar-refractivity contribution is -0.125. The maximum Gasteiger partial charge on any atom is 0.266 e. The molecule has 1 aliphatic carbocycles. The van der Waals surface area contributed by atoms with E-state index >= 15 is 0 Å². The number of hydrogen-bond acceptors (Lipinski definition) is 6. The molecule has 0 radical (unpaired) electrons. The van der Waals surface area contributed by atoms with Gasteiger partial charge in [-0.2, -0.15) is 5.10 Å². The van der Waals surface area contributed by atoms with Crippen molar-refractivity contribution in [3.05, 3.63) is 34.0 Å². The zero-order chi connectivity index (χ0) is 17.1. The Balaban J connectivity index is 1.50. The fourth-order valence-electron chi connectivity index (χ4n) is 2.77. The molecule has 9 heteroatoms. The number of nitrogens with zero attached hydrogens (tertiary/aromatic N) is 5. The van der Waals surface area contributed by atoms with Gasteiger partial charge in [0.05, 0.1) is 5.69 Å². The number of carbonyl (C=O) groups excluding carboxylic acids is 1. The van der Waals surface area contributed by atoms with Gasteiger partial charge in [0.25, 0.3) is 5.56 Å². The standard InChI is InChI=1S/C15H20N6O2S/c1-20-9-17-18-15(20)24-6-5-16-14(23)10-3-4-12-11(7-10)8-13(22)21(2)19-12/h8-10H,3-7H2,1-2H3,(H,16,23). The third-order valence-corrected chi connectivity index (χ3v) is 5.16. The van der Waals surface area contributed by atoms with Crippen LogP contribution >= 0.6 is 11.8 Å². The van der Waals surface area contributed by atoms with Crippen molar-refractivity contribution in [3.8, 4) is 0 Å². The molecule has 24 heavy (non-hydrogen) atoms. The van der Waals surface area contributed by atoms with E-state index in [2.05, 4.69) is 20.6 Å². The second-order valence-electron chi connectivity index (χ2n) is 5.88. The number of aryl methyl sites for hydroxylation is 3. The quantitative estimate of drug-likeness (QED) is 0.600. The largest absolute Gasteiger partial charge is 0.355 e. The lowest BCUT2D eigenvalue weighted by Crippen LogP contribution is -2.36. The Morgan fingerprint density at radius 3 is 3.04 bits per heavy atom. The molecule has 1 amide bonds. The predicted molar refractivity (Wildman–Crippen MR) is 89.7 cm³/mol. The molecule has 1 N–H and O–H groups in total. The molecule has 0 fully saturated rings. The summed E-state index contributed by atoms with van der Waals surface area (Å²) < 4.78 is 3.20. The number of aromatic nitrogens is 5. The van der Waals surface area contributed by atoms with Crippen LogP contribution in [-0.2, 0) is 31.7 Å². The predicted octanol–water partition coefficient (Wildman–Crippen LogP) is -0.0778. The van der Waals surface area contributed by atoms with Crippen molar-refractivity contribution in [3.63, 3.8) is 0 Å². The molecule has 2 heterocycles. The Labute approximate surface area is 143 Å². The van der Waals surface area contributed by atoms with Gasteiger partial charge in [0.1, 0.15) is 6.33 Å². The summed E-state index contributed by atoms with van der Waals surface area (Å²) in [6, 6.07) is 1.60. The maximum absolute atomic E-state index is 12.3. The van der Waals surface area contributed by atoms with Crippen LogP contribution in [0.4, 0.5) is 0 Å². The number of rotatable bonds is 5. The molecule has 0 aliphatic heterocycles. The van der Waals surface area contributed by atoms with Crippen molar-refractivity contribution >= 4 is 17.7 Å². The maximum atomic E-state index is 12.3. The summed E-state index contributed by atoms with van der Waals surface area (Å²) in [6.45, 7) is 0.578. The summed E-state index contributed by atoms with van der Waals surface area (Å²) in [6.07, 6.45) is 3.73. The van der Waals surface area contributed by atoms with Crippen LogP contribution in [0.15, 0.2) is 22.3 Å². The van der Waals surface area contributed by atoms with Crippen molar-refractivity contribution in [2.45, 2.75) is 24.4 Å². The number of hydrogen-bond donors (Lipinski definition) is 1. The number of carbonyl (C=O) groups is 1. The van der Waals surface area contributed by atoms with E-state index in [0.29, 0.717) is 13.0 Å². The summed E-state index contributed by atoms with van der Waals surface area (Å²) in [5.74, 6) is 0.690. The first-order valence-corrected chi connectivity index (χ1v) is 8.84. The summed E-state index contributed by atoms with van der Waals surface area (Å²) in [7, 11) is 3.54. The lowest BCUT2D eigenvalue weighted by Gasteiger charge is -2.23. The van der Waals surface area contributed by atoms with Crippen LogP contribution < -0.4 is 10.9 Å². The lowest BCUT2D eigenvalue weighted by atomic mass is 9.86. The molecule has 0 bridgehead atoms. The van der Waals surface area contributed by atoms with Crippen molar-refractivity contribution in [1.29, 1.82) is 0 Å². The molecular formula is C15H20N6O2S. The normalized spacial score (nSPS) is 16.7. The van der Waals surface area contributed by atoms with E-state index in [1.807, 2.05) is 11.6 Å². The number of amides is 1. The van der Waals surface area contributed by atoms with Crippen molar-refractivity contribution < 1.29 is 4.79 Å². The molecule has 2 aromatic rings. The number of nitrogens with one attached hydrogen (secondary N) is 1. The number of fused-ring (bicyclic) bond motifs is 1. The van der Waals surface area contributed by atoms with E-state index in [1.54, 1.807) is 31.2 Å². The van der Waals surface area contributed by atoms with Gasteiger partial charge >= 0.3 is 0 Å². The third-order valence-electron chi connectivity index (χ3n) is 4.13. The summed E-state index contributed by atoms with van der Waals surface area (Å²) in [5.41, 5.74) is 1.70. The van der Waals surface area contributed by atoms with Gasteiger partial charge in [-0.3, -0.25) is 9.59 Å². The minimum atomic E-state index is -0.130. The molecule has 0 saturated heterocycles. The van der Waals surface area contributed by atoms with Crippen LogP contribution in [0.3, 0.4) is 0 Å². The molecule has 8 nitrogen and oxygen atoms in total. The zero-order valence-corrected chi connectivity index (χ0v) is 14.5. The van der Waals surface area contributed by atoms with Gasteiger partial charge in [-0.1, -0.05) is 11.8 Å². The SMILES string of the molecule is Cn1cnnc1SCCNC(=O)C1CCc2nn(C)c(=O)cc2C1. The van der Waals surface area contributed by atoms with Gasteiger partial charge in [0.15, 0.2) is 5.16 Å². The van der Waals surface area contributed by atoms with Gasteiger partial charge in [-0.25, -0.2) is 4.68 Å². The van der Waals surface area contributed by atoms with E-state index in [0.717, 1.165) is 35.0 Å². The Morgan fingerprint density at radius 2 is 2.29 bits per heavy atom. The minimum absolute atomic E-state index is 0.0416. The fourth-order valence-corrected chi connectivity index (χ4v) is 3.52. The van der Waals surface area contributed by atoms with E-state index < -0.39 is 0 Å². The van der Waals surface area contributed by atoms with Crippen LogP contribution in [0.25, 0.3) is 0 Å². The fraction of sp³-hybridized carbons (Fsp3) is 0.533. The molecule has 3 rings (SSSR count). The highest BCUT2D eigenvalue weighted by molar-refractivity contribution is 7.99. The third kappa shape index (κ3) is 3.66. The molecule has 2 aromatic heterocycles. The van der Waals surface area contributed by atoms with Crippen LogP contribution in [-0.4, -0.2) is 42.7 Å². The number of thioether (sulfide) groups is 1. The van der Waals surface area contributed by atoms with Gasteiger partial charge in [0, 0.05) is 38.4 Å². The Morgan fingerprint density at radius 1 is 1.46 bits per heavy atom. The average molecular weight is 348 g/mol. The first-order chi connectivity index (χ1) is 11.5. The van der Waals surface area contributed by atoms with Crippen LogP contribution in [0.1, 0.15) is 17.7 Å². The zero-order valence-electron chi connectivity index (χ0n) is 13.7. The average Bonchev–Trinajstić information content (AvgIpc) is 2.97. The van der Waals surface area contributed by atoms with Gasteiger partial charge in [-0.05, 0) is 24.8 Å². The van der Waals surface area contributed by atoms with Crippen molar-refractivity contribution in [1.82, 2.24) is 29.9 Å². The second-order valence-corrected chi connectivity index (χ2v) is 6.94. The molecule has 0 aromatic carbocycles. The van der Waals surface area contributed by atoms with Gasteiger partial charge in [0.2, 0.25) is 5.91 Å². The van der Waals surface area contributed by atoms with E-state index in [1.165, 1.54) is 4.68 Å². The Hall–Kier alpha value is -2.16. The Kier molecular flexibility index (Phi) is 4.98. The van der Waals surface area contributed by atoms with Crippen molar-refractivity contribution in [2.24, 2.45) is 20.0 Å². The topological polar surface area (TPSA) is 94.7 Å². The van der Waals surface area contributed by atoms with Crippen molar-refractivity contribution in [2.75, 3.05) is 12.3 Å². The minimum Gasteiger partial charge on any atom is -0.355 e. The summed E-state index contributed by atoms with van der Waals surface area (Å²) in [5, 5.41) is 15.9. The van der Waals surface area contributed by atoms with Crippen LogP contribution in [0.2, 0.25) is 0 Å². The summed E-state index contributed by atoms with van der Waals surface area (Å²) >= 11 is 1.56. The van der Waals surface area contributed by atoms with Gasteiger partial charge in [-0.15, -0.1) is 10.2 Å². The van der Waals surface area contributed by atoms with E-state index in [9.17, 15) is 9.59 Å². The molecular weight excluding hydrogens is 328 g/mol. The Bertz CT molecular complexity index is 800. The molecule has 0 spiro atoms. The van der Waals surface area contributed by atoms with Crippen LogP contribution in [0, 0.1) is 5.92 Å². The second kappa shape index (κ2) is 7.16. The highest BCUT2D eigenvalue weighted by atomic mass is 32.2. The molecule has 1 atom stereocenters. The van der Waals surface area contributed by atoms with E-state index in [-0.39, 0.29) is 17.4 Å². The van der Waals surface area contributed by atoms with Crippen LogP contribution in [0.5, 0.6) is 0 Å². The smallest absolute Gasteiger partial charge is 0.266 e. The highest BCUT2D eigenvalue weighted by Gasteiger charge is 2.26.